The molecule has 0 unspecified atom stereocenters. The van der Waals surface area contributed by atoms with Crippen LogP contribution in [0.5, 0.6) is 5.75 Å². The highest BCUT2D eigenvalue weighted by Crippen LogP contribution is 2.21. The van der Waals surface area contributed by atoms with E-state index < -0.39 is 5.97 Å². The van der Waals surface area contributed by atoms with Crippen LogP contribution in [0.1, 0.15) is 37.5 Å². The van der Waals surface area contributed by atoms with E-state index in [1.807, 2.05) is 32.0 Å². The highest BCUT2D eigenvalue weighted by atomic mass is 16.5. The predicted octanol–water partition coefficient (Wildman–Crippen LogP) is 3.65. The molecule has 29 heavy (non-hydrogen) atoms. The van der Waals surface area contributed by atoms with Gasteiger partial charge in [-0.3, -0.25) is 9.48 Å². The zero-order valence-electron chi connectivity index (χ0n) is 16.9. The van der Waals surface area contributed by atoms with E-state index in [9.17, 15) is 9.59 Å². The minimum atomic E-state index is -0.614. The number of aromatic nitrogens is 2. The number of rotatable bonds is 6. The SMILES string of the molecule is COC(=O)c1nn(C)cc1NC(=O)c1cccc(COc2ccc(C)cc2C)c1. The highest BCUT2D eigenvalue weighted by Gasteiger charge is 2.19. The normalized spacial score (nSPS) is 10.5. The maximum atomic E-state index is 12.7. The first-order valence-electron chi connectivity index (χ1n) is 9.09. The average molecular weight is 393 g/mol. The summed E-state index contributed by atoms with van der Waals surface area (Å²) in [6.45, 7) is 4.37. The minimum Gasteiger partial charge on any atom is -0.489 e. The molecule has 1 amide bonds. The summed E-state index contributed by atoms with van der Waals surface area (Å²) in [6.07, 6.45) is 1.55. The second kappa shape index (κ2) is 8.60. The molecule has 0 atom stereocenters. The molecular weight excluding hydrogens is 370 g/mol. The number of anilines is 1. The Labute approximate surface area is 169 Å². The van der Waals surface area contributed by atoms with E-state index in [-0.39, 0.29) is 11.6 Å². The third kappa shape index (κ3) is 4.82. The van der Waals surface area contributed by atoms with Crippen molar-refractivity contribution in [2.75, 3.05) is 12.4 Å². The predicted molar refractivity (Wildman–Crippen MR) is 109 cm³/mol. The van der Waals surface area contributed by atoms with E-state index in [0.717, 1.165) is 16.9 Å². The van der Waals surface area contributed by atoms with Gasteiger partial charge in [0.15, 0.2) is 5.69 Å². The van der Waals surface area contributed by atoms with Gasteiger partial charge in [0.05, 0.1) is 12.8 Å². The molecule has 0 aliphatic rings. The van der Waals surface area contributed by atoms with Crippen molar-refractivity contribution in [1.82, 2.24) is 9.78 Å². The van der Waals surface area contributed by atoms with Crippen molar-refractivity contribution < 1.29 is 19.1 Å². The Balaban J connectivity index is 1.72. The van der Waals surface area contributed by atoms with Gasteiger partial charge < -0.3 is 14.8 Å². The molecule has 0 aliphatic carbocycles. The molecule has 1 N–H and O–H groups in total. The molecule has 0 fully saturated rings. The van der Waals surface area contributed by atoms with Crippen molar-refractivity contribution in [3.05, 3.63) is 76.6 Å². The van der Waals surface area contributed by atoms with Gasteiger partial charge in [0.2, 0.25) is 0 Å². The molecule has 7 heteroatoms. The first-order valence-corrected chi connectivity index (χ1v) is 9.09. The Morgan fingerprint density at radius 2 is 1.93 bits per heavy atom. The summed E-state index contributed by atoms with van der Waals surface area (Å²) in [5.41, 5.74) is 3.89. The number of hydrogen-bond acceptors (Lipinski definition) is 5. The van der Waals surface area contributed by atoms with Gasteiger partial charge in [-0.25, -0.2) is 4.79 Å². The Hall–Kier alpha value is -3.61. The van der Waals surface area contributed by atoms with Crippen LogP contribution in [0, 0.1) is 13.8 Å². The van der Waals surface area contributed by atoms with Crippen LogP contribution in [0.4, 0.5) is 5.69 Å². The summed E-state index contributed by atoms with van der Waals surface area (Å²) in [5, 5.41) is 6.75. The minimum absolute atomic E-state index is 0.0534. The van der Waals surface area contributed by atoms with Gasteiger partial charge in [0, 0.05) is 18.8 Å². The van der Waals surface area contributed by atoms with E-state index in [4.69, 9.17) is 9.47 Å². The molecule has 1 aromatic heterocycles. The number of esters is 1. The van der Waals surface area contributed by atoms with Crippen LogP contribution >= 0.6 is 0 Å². The summed E-state index contributed by atoms with van der Waals surface area (Å²) in [7, 11) is 2.93. The number of benzene rings is 2. The molecule has 0 saturated carbocycles. The van der Waals surface area contributed by atoms with Crippen LogP contribution in [0.3, 0.4) is 0 Å². The Bertz CT molecular complexity index is 1060. The zero-order valence-corrected chi connectivity index (χ0v) is 16.9. The number of aryl methyl sites for hydroxylation is 3. The topological polar surface area (TPSA) is 82.5 Å². The van der Waals surface area contributed by atoms with Crippen LogP contribution in [0.2, 0.25) is 0 Å². The van der Waals surface area contributed by atoms with Crippen LogP contribution < -0.4 is 10.1 Å². The number of methoxy groups -OCH3 is 1. The molecule has 3 rings (SSSR count). The summed E-state index contributed by atoms with van der Waals surface area (Å²) < 4.78 is 12.0. The van der Waals surface area contributed by atoms with Crippen LogP contribution in [-0.2, 0) is 18.4 Å². The van der Waals surface area contributed by atoms with Crippen molar-refractivity contribution in [1.29, 1.82) is 0 Å². The zero-order chi connectivity index (χ0) is 21.0. The number of nitrogens with one attached hydrogen (secondary N) is 1. The van der Waals surface area contributed by atoms with Crippen LogP contribution in [0.15, 0.2) is 48.7 Å². The van der Waals surface area contributed by atoms with E-state index in [2.05, 4.69) is 16.5 Å². The number of amides is 1. The lowest BCUT2D eigenvalue weighted by atomic mass is 10.1. The number of hydrogen-bond donors (Lipinski definition) is 1. The third-order valence-electron chi connectivity index (χ3n) is 4.37. The van der Waals surface area contributed by atoms with Gasteiger partial charge in [-0.1, -0.05) is 29.8 Å². The fraction of sp³-hybridized carbons (Fsp3) is 0.227. The van der Waals surface area contributed by atoms with Gasteiger partial charge in [0.1, 0.15) is 12.4 Å². The number of carbonyl (C=O) groups excluding carboxylic acids is 2. The second-order valence-electron chi connectivity index (χ2n) is 6.77. The molecule has 3 aromatic rings. The fourth-order valence-corrected chi connectivity index (χ4v) is 2.95. The quantitative estimate of drug-likeness (QED) is 0.647. The second-order valence-corrected chi connectivity index (χ2v) is 6.77. The lowest BCUT2D eigenvalue weighted by molar-refractivity contribution is 0.0594. The average Bonchev–Trinajstić information content (AvgIpc) is 3.07. The Morgan fingerprint density at radius 3 is 2.66 bits per heavy atom. The van der Waals surface area contributed by atoms with E-state index in [1.54, 1.807) is 31.4 Å². The van der Waals surface area contributed by atoms with Gasteiger partial charge in [-0.2, -0.15) is 5.10 Å². The lowest BCUT2D eigenvalue weighted by Gasteiger charge is -2.11. The van der Waals surface area contributed by atoms with Crippen molar-refractivity contribution in [3.63, 3.8) is 0 Å². The van der Waals surface area contributed by atoms with Crippen molar-refractivity contribution >= 4 is 17.6 Å². The Morgan fingerprint density at radius 1 is 1.14 bits per heavy atom. The molecule has 150 valence electrons. The Kier molecular flexibility index (Phi) is 5.97. The maximum absolute atomic E-state index is 12.7. The largest absolute Gasteiger partial charge is 0.489 e. The molecule has 7 nitrogen and oxygen atoms in total. The van der Waals surface area contributed by atoms with Gasteiger partial charge >= 0.3 is 5.97 Å². The van der Waals surface area contributed by atoms with E-state index >= 15 is 0 Å². The van der Waals surface area contributed by atoms with Gasteiger partial charge in [0.25, 0.3) is 5.91 Å². The molecule has 0 bridgehead atoms. The molecule has 0 aliphatic heterocycles. The fourth-order valence-electron chi connectivity index (χ4n) is 2.95. The smallest absolute Gasteiger partial charge is 0.360 e. The van der Waals surface area contributed by atoms with E-state index in [1.165, 1.54) is 17.4 Å². The summed E-state index contributed by atoms with van der Waals surface area (Å²) in [5.74, 6) is -0.156. The van der Waals surface area contributed by atoms with Crippen molar-refractivity contribution in [3.8, 4) is 5.75 Å². The monoisotopic (exact) mass is 393 g/mol. The van der Waals surface area contributed by atoms with Crippen molar-refractivity contribution in [2.24, 2.45) is 7.05 Å². The molecule has 0 saturated heterocycles. The third-order valence-corrected chi connectivity index (χ3v) is 4.37. The van der Waals surface area contributed by atoms with Gasteiger partial charge in [-0.05, 0) is 43.2 Å². The summed E-state index contributed by atoms with van der Waals surface area (Å²) >= 11 is 0. The maximum Gasteiger partial charge on any atom is 0.360 e. The molecule has 2 aromatic carbocycles. The number of carbonyl (C=O) groups is 2. The van der Waals surface area contributed by atoms with Crippen LogP contribution in [0.25, 0.3) is 0 Å². The summed E-state index contributed by atoms with van der Waals surface area (Å²) in [4.78, 5) is 24.5. The molecule has 0 radical (unpaired) electrons. The van der Waals surface area contributed by atoms with Gasteiger partial charge in [-0.15, -0.1) is 0 Å². The van der Waals surface area contributed by atoms with Crippen molar-refractivity contribution in [2.45, 2.75) is 20.5 Å². The lowest BCUT2D eigenvalue weighted by Crippen LogP contribution is -2.15. The first kappa shape index (κ1) is 20.1. The van der Waals surface area contributed by atoms with Crippen LogP contribution in [-0.4, -0.2) is 28.8 Å². The highest BCUT2D eigenvalue weighted by molar-refractivity contribution is 6.07. The number of nitrogens with zero attached hydrogens (tertiary/aromatic N) is 2. The molecule has 1 heterocycles. The first-order chi connectivity index (χ1) is 13.9. The molecular formula is C22H23N3O4. The van der Waals surface area contributed by atoms with E-state index in [0.29, 0.717) is 17.9 Å². The number of ether oxygens (including phenoxy) is 2. The standard InChI is InChI=1S/C22H23N3O4/c1-14-8-9-19(15(2)10-14)29-13-16-6-5-7-17(11-16)21(26)23-18-12-25(3)24-20(18)22(27)28-4/h5-12H,13H2,1-4H3,(H,23,26). The molecule has 0 spiro atoms. The summed E-state index contributed by atoms with van der Waals surface area (Å²) in [6, 6.07) is 13.1.